The van der Waals surface area contributed by atoms with E-state index < -0.39 is 0 Å². The molecule has 2 atom stereocenters. The third-order valence-electron chi connectivity index (χ3n) is 4.31. The minimum atomic E-state index is 0.335. The molecular formula is C14H24N6. The van der Waals surface area contributed by atoms with Gasteiger partial charge >= 0.3 is 0 Å². The van der Waals surface area contributed by atoms with E-state index in [1.165, 1.54) is 25.7 Å². The van der Waals surface area contributed by atoms with Crippen LogP contribution in [0.3, 0.4) is 0 Å². The summed E-state index contributed by atoms with van der Waals surface area (Å²) in [5, 5.41) is 0. The quantitative estimate of drug-likeness (QED) is 0.886. The van der Waals surface area contributed by atoms with Crippen molar-refractivity contribution in [2.75, 3.05) is 35.2 Å². The van der Waals surface area contributed by atoms with Gasteiger partial charge in [0.1, 0.15) is 0 Å². The van der Waals surface area contributed by atoms with Crippen molar-refractivity contribution in [3.63, 3.8) is 0 Å². The SMILES string of the molecule is CC1CC(C)N(c2nc(N)nc(N3CCCCC3)n2)C1. The van der Waals surface area contributed by atoms with Gasteiger partial charge in [-0.25, -0.2) is 0 Å². The Morgan fingerprint density at radius 1 is 1.00 bits per heavy atom. The summed E-state index contributed by atoms with van der Waals surface area (Å²) in [6.45, 7) is 7.55. The van der Waals surface area contributed by atoms with E-state index >= 15 is 0 Å². The molecule has 2 aliphatic heterocycles. The maximum Gasteiger partial charge on any atom is 0.232 e. The van der Waals surface area contributed by atoms with E-state index in [4.69, 9.17) is 5.73 Å². The van der Waals surface area contributed by atoms with Gasteiger partial charge in [-0.3, -0.25) is 0 Å². The average Bonchev–Trinajstić information content (AvgIpc) is 2.78. The Balaban J connectivity index is 1.86. The van der Waals surface area contributed by atoms with Crippen LogP contribution >= 0.6 is 0 Å². The lowest BCUT2D eigenvalue weighted by atomic mass is 10.1. The molecule has 110 valence electrons. The molecule has 6 heteroatoms. The van der Waals surface area contributed by atoms with E-state index in [1.54, 1.807) is 0 Å². The Morgan fingerprint density at radius 2 is 1.70 bits per heavy atom. The lowest BCUT2D eigenvalue weighted by Crippen LogP contribution is -2.33. The van der Waals surface area contributed by atoms with E-state index in [0.29, 0.717) is 17.9 Å². The van der Waals surface area contributed by atoms with Crippen LogP contribution in [0.4, 0.5) is 17.8 Å². The second-order valence-corrected chi connectivity index (χ2v) is 6.18. The Hall–Kier alpha value is -1.59. The number of hydrogen-bond donors (Lipinski definition) is 1. The zero-order chi connectivity index (χ0) is 14.1. The maximum atomic E-state index is 5.90. The van der Waals surface area contributed by atoms with Crippen molar-refractivity contribution < 1.29 is 0 Å². The van der Waals surface area contributed by atoms with Crippen molar-refractivity contribution in [2.24, 2.45) is 5.92 Å². The highest BCUT2D eigenvalue weighted by atomic mass is 15.4. The van der Waals surface area contributed by atoms with Gasteiger partial charge in [0.2, 0.25) is 17.8 Å². The number of nitrogens with zero attached hydrogens (tertiary/aromatic N) is 5. The van der Waals surface area contributed by atoms with Gasteiger partial charge in [0, 0.05) is 25.7 Å². The molecule has 1 aromatic rings. The second-order valence-electron chi connectivity index (χ2n) is 6.18. The summed E-state index contributed by atoms with van der Waals surface area (Å²) in [5.74, 6) is 2.51. The number of piperidine rings is 1. The van der Waals surface area contributed by atoms with Crippen LogP contribution in [0, 0.1) is 5.92 Å². The summed E-state index contributed by atoms with van der Waals surface area (Å²) in [4.78, 5) is 17.8. The molecule has 0 saturated carbocycles. The van der Waals surface area contributed by atoms with Crippen molar-refractivity contribution in [3.8, 4) is 0 Å². The third-order valence-corrected chi connectivity index (χ3v) is 4.31. The number of nitrogen functional groups attached to an aromatic ring is 1. The molecule has 2 unspecified atom stereocenters. The molecule has 0 aromatic carbocycles. The molecule has 20 heavy (non-hydrogen) atoms. The van der Waals surface area contributed by atoms with Crippen molar-refractivity contribution in [1.29, 1.82) is 0 Å². The van der Waals surface area contributed by atoms with Gasteiger partial charge in [0.05, 0.1) is 0 Å². The summed E-state index contributed by atoms with van der Waals surface area (Å²) in [7, 11) is 0. The standard InChI is InChI=1S/C14H24N6/c1-10-8-11(2)20(9-10)14-17-12(15)16-13(18-14)19-6-4-3-5-7-19/h10-11H,3-9H2,1-2H3,(H2,15,16,17,18). The first-order valence-electron chi connectivity index (χ1n) is 7.66. The Bertz CT molecular complexity index is 471. The first kappa shape index (κ1) is 13.4. The second kappa shape index (κ2) is 5.42. The van der Waals surface area contributed by atoms with Gasteiger partial charge < -0.3 is 15.5 Å². The molecular weight excluding hydrogens is 252 g/mol. The van der Waals surface area contributed by atoms with Crippen molar-refractivity contribution in [1.82, 2.24) is 15.0 Å². The van der Waals surface area contributed by atoms with Gasteiger partial charge in [-0.15, -0.1) is 0 Å². The lowest BCUT2D eigenvalue weighted by molar-refractivity contribution is 0.567. The van der Waals surface area contributed by atoms with Gasteiger partial charge in [-0.05, 0) is 38.5 Å². The van der Waals surface area contributed by atoms with Crippen LogP contribution in [-0.2, 0) is 0 Å². The van der Waals surface area contributed by atoms with Gasteiger partial charge in [0.25, 0.3) is 0 Å². The van der Waals surface area contributed by atoms with Crippen molar-refractivity contribution in [2.45, 2.75) is 45.6 Å². The monoisotopic (exact) mass is 276 g/mol. The fraction of sp³-hybridized carbons (Fsp3) is 0.786. The van der Waals surface area contributed by atoms with Crippen LogP contribution in [0.1, 0.15) is 39.5 Å². The lowest BCUT2D eigenvalue weighted by Gasteiger charge is -2.28. The Kier molecular flexibility index (Phi) is 3.63. The molecule has 0 radical (unpaired) electrons. The molecule has 2 fully saturated rings. The van der Waals surface area contributed by atoms with E-state index in [-0.39, 0.29) is 0 Å². The number of nitrogens with two attached hydrogens (primary N) is 1. The largest absolute Gasteiger partial charge is 0.368 e. The molecule has 1 aromatic heterocycles. The molecule has 0 aliphatic carbocycles. The van der Waals surface area contributed by atoms with Crippen molar-refractivity contribution in [3.05, 3.63) is 0 Å². The molecule has 3 heterocycles. The molecule has 0 spiro atoms. The van der Waals surface area contributed by atoms with Crippen LogP contribution in [0.25, 0.3) is 0 Å². The predicted octanol–water partition coefficient (Wildman–Crippen LogP) is 1.68. The molecule has 2 N–H and O–H groups in total. The van der Waals surface area contributed by atoms with Gasteiger partial charge in [-0.1, -0.05) is 6.92 Å². The van der Waals surface area contributed by atoms with Crippen LogP contribution in [0.2, 0.25) is 0 Å². The van der Waals surface area contributed by atoms with Gasteiger partial charge in [0.15, 0.2) is 0 Å². The normalized spacial score (nSPS) is 27.1. The smallest absolute Gasteiger partial charge is 0.232 e. The highest BCUT2D eigenvalue weighted by Gasteiger charge is 2.29. The minimum absolute atomic E-state index is 0.335. The van der Waals surface area contributed by atoms with E-state index in [1.807, 2.05) is 0 Å². The Morgan fingerprint density at radius 3 is 2.35 bits per heavy atom. The molecule has 0 amide bonds. The molecule has 2 saturated heterocycles. The predicted molar refractivity (Wildman–Crippen MR) is 80.9 cm³/mol. The van der Waals surface area contributed by atoms with E-state index in [0.717, 1.165) is 31.5 Å². The fourth-order valence-electron chi connectivity index (χ4n) is 3.31. The zero-order valence-corrected chi connectivity index (χ0v) is 12.4. The number of rotatable bonds is 2. The third kappa shape index (κ3) is 2.64. The summed E-state index contributed by atoms with van der Waals surface area (Å²) in [5.41, 5.74) is 5.90. The summed E-state index contributed by atoms with van der Waals surface area (Å²) >= 11 is 0. The average molecular weight is 276 g/mol. The number of hydrogen-bond acceptors (Lipinski definition) is 6. The summed E-state index contributed by atoms with van der Waals surface area (Å²) < 4.78 is 0. The number of aromatic nitrogens is 3. The summed E-state index contributed by atoms with van der Waals surface area (Å²) in [6, 6.07) is 0.473. The highest BCUT2D eigenvalue weighted by molar-refractivity contribution is 5.45. The van der Waals surface area contributed by atoms with Crippen LogP contribution < -0.4 is 15.5 Å². The first-order valence-corrected chi connectivity index (χ1v) is 7.66. The molecule has 3 rings (SSSR count). The molecule has 0 bridgehead atoms. The summed E-state index contributed by atoms with van der Waals surface area (Å²) in [6.07, 6.45) is 4.89. The van der Waals surface area contributed by atoms with E-state index in [9.17, 15) is 0 Å². The van der Waals surface area contributed by atoms with E-state index in [2.05, 4.69) is 38.6 Å². The molecule has 2 aliphatic rings. The maximum absolute atomic E-state index is 5.90. The highest BCUT2D eigenvalue weighted by Crippen LogP contribution is 2.27. The zero-order valence-electron chi connectivity index (χ0n) is 12.4. The van der Waals surface area contributed by atoms with Crippen LogP contribution in [-0.4, -0.2) is 40.6 Å². The molecule has 6 nitrogen and oxygen atoms in total. The number of anilines is 3. The minimum Gasteiger partial charge on any atom is -0.368 e. The van der Waals surface area contributed by atoms with Crippen LogP contribution in [0.5, 0.6) is 0 Å². The topological polar surface area (TPSA) is 71.2 Å². The fourth-order valence-corrected chi connectivity index (χ4v) is 3.31. The van der Waals surface area contributed by atoms with Gasteiger partial charge in [-0.2, -0.15) is 15.0 Å². The van der Waals surface area contributed by atoms with Crippen LogP contribution in [0.15, 0.2) is 0 Å². The van der Waals surface area contributed by atoms with Crippen molar-refractivity contribution >= 4 is 17.8 Å². The Labute approximate surface area is 120 Å². The first-order chi connectivity index (χ1) is 9.63.